The van der Waals surface area contributed by atoms with Crippen LogP contribution in [0, 0.1) is 5.82 Å². The maximum atomic E-state index is 13.5. The predicted molar refractivity (Wildman–Crippen MR) is 105 cm³/mol. The fourth-order valence-corrected chi connectivity index (χ4v) is 3.69. The number of hydrogen-bond acceptors (Lipinski definition) is 5. The molecule has 1 amide bonds. The fourth-order valence-electron chi connectivity index (χ4n) is 3.69. The number of carbonyl (C=O) groups is 1. The summed E-state index contributed by atoms with van der Waals surface area (Å²) in [4.78, 5) is 20.7. The van der Waals surface area contributed by atoms with Crippen LogP contribution < -0.4 is 10.1 Å². The summed E-state index contributed by atoms with van der Waals surface area (Å²) in [7, 11) is 1.38. The van der Waals surface area contributed by atoms with Gasteiger partial charge in [-0.25, -0.2) is 14.4 Å². The molecule has 0 radical (unpaired) electrons. The van der Waals surface area contributed by atoms with E-state index in [9.17, 15) is 9.18 Å². The predicted octanol–water partition coefficient (Wildman–Crippen LogP) is 3.40. The summed E-state index contributed by atoms with van der Waals surface area (Å²) in [6, 6.07) is 6.39. The van der Waals surface area contributed by atoms with Gasteiger partial charge in [-0.05, 0) is 49.9 Å². The molecule has 150 valence electrons. The average molecular weight is 395 g/mol. The van der Waals surface area contributed by atoms with Crippen LogP contribution in [0.1, 0.15) is 42.1 Å². The number of rotatable bonds is 5. The summed E-state index contributed by atoms with van der Waals surface area (Å²) in [6.45, 7) is 0. The number of methoxy groups -OCH3 is 1. The lowest BCUT2D eigenvalue weighted by molar-refractivity contribution is 0.0921. The highest BCUT2D eigenvalue weighted by Crippen LogP contribution is 2.29. The van der Waals surface area contributed by atoms with Gasteiger partial charge in [-0.2, -0.15) is 5.10 Å². The van der Waals surface area contributed by atoms with Crippen molar-refractivity contribution in [3.8, 4) is 17.0 Å². The van der Waals surface area contributed by atoms with E-state index in [2.05, 4.69) is 20.4 Å². The van der Waals surface area contributed by atoms with Crippen molar-refractivity contribution in [1.29, 1.82) is 0 Å². The minimum atomic E-state index is -0.481. The van der Waals surface area contributed by atoms with Crippen LogP contribution in [0.5, 0.6) is 5.75 Å². The second-order valence-corrected chi connectivity index (χ2v) is 7.13. The molecule has 2 aromatic heterocycles. The lowest BCUT2D eigenvalue weighted by Gasteiger charge is -2.29. The zero-order valence-electron chi connectivity index (χ0n) is 16.1. The van der Waals surface area contributed by atoms with Gasteiger partial charge in [-0.15, -0.1) is 0 Å². The highest BCUT2D eigenvalue weighted by molar-refractivity contribution is 5.94. The molecule has 1 N–H and O–H groups in total. The van der Waals surface area contributed by atoms with Gasteiger partial charge in [0.15, 0.2) is 11.6 Å². The minimum absolute atomic E-state index is 0.0690. The summed E-state index contributed by atoms with van der Waals surface area (Å²) in [5, 5.41) is 7.54. The number of ether oxygens (including phenoxy) is 1. The van der Waals surface area contributed by atoms with Crippen molar-refractivity contribution >= 4 is 5.91 Å². The summed E-state index contributed by atoms with van der Waals surface area (Å²) in [6.07, 6.45) is 10.6. The highest BCUT2D eigenvalue weighted by atomic mass is 19.1. The Morgan fingerprint density at radius 1 is 1.24 bits per heavy atom. The molecule has 7 nitrogen and oxygen atoms in total. The van der Waals surface area contributed by atoms with E-state index < -0.39 is 5.82 Å². The molecule has 1 aliphatic carbocycles. The Morgan fingerprint density at radius 3 is 2.79 bits per heavy atom. The first-order valence-corrected chi connectivity index (χ1v) is 9.59. The molecule has 1 saturated carbocycles. The molecule has 8 heteroatoms. The van der Waals surface area contributed by atoms with Crippen molar-refractivity contribution in [3.63, 3.8) is 0 Å². The van der Waals surface area contributed by atoms with Crippen molar-refractivity contribution < 1.29 is 13.9 Å². The monoisotopic (exact) mass is 395 g/mol. The van der Waals surface area contributed by atoms with Crippen molar-refractivity contribution in [1.82, 2.24) is 25.1 Å². The van der Waals surface area contributed by atoms with Crippen LogP contribution >= 0.6 is 0 Å². The van der Waals surface area contributed by atoms with E-state index in [0.29, 0.717) is 11.6 Å². The van der Waals surface area contributed by atoms with Crippen LogP contribution in [0.2, 0.25) is 0 Å². The first-order chi connectivity index (χ1) is 14.1. The first-order valence-electron chi connectivity index (χ1n) is 9.59. The second kappa shape index (κ2) is 8.38. The van der Waals surface area contributed by atoms with Crippen molar-refractivity contribution in [2.45, 2.75) is 37.8 Å². The van der Waals surface area contributed by atoms with Gasteiger partial charge in [0.25, 0.3) is 5.91 Å². The Balaban J connectivity index is 1.34. The molecule has 1 aromatic carbocycles. The SMILES string of the molecule is COc1cc(C(=O)NC2CCC(n3cc(-c4ccncn4)cn3)CC2)ccc1F. The lowest BCUT2D eigenvalue weighted by Crippen LogP contribution is -2.38. The maximum Gasteiger partial charge on any atom is 0.251 e. The highest BCUT2D eigenvalue weighted by Gasteiger charge is 2.25. The third-order valence-electron chi connectivity index (χ3n) is 5.30. The number of nitrogens with one attached hydrogen (secondary N) is 1. The molecule has 0 bridgehead atoms. The van der Waals surface area contributed by atoms with E-state index >= 15 is 0 Å². The number of benzene rings is 1. The summed E-state index contributed by atoms with van der Waals surface area (Å²) in [5.41, 5.74) is 2.21. The third-order valence-corrected chi connectivity index (χ3v) is 5.30. The van der Waals surface area contributed by atoms with E-state index in [0.717, 1.165) is 36.9 Å². The molecule has 2 heterocycles. The van der Waals surface area contributed by atoms with Gasteiger partial charge in [-0.1, -0.05) is 0 Å². The number of aromatic nitrogens is 4. The molecule has 0 unspecified atom stereocenters. The summed E-state index contributed by atoms with van der Waals surface area (Å²) in [5.74, 6) is -0.624. The first kappa shape index (κ1) is 19.0. The van der Waals surface area contributed by atoms with Crippen molar-refractivity contribution in [3.05, 3.63) is 60.6 Å². The van der Waals surface area contributed by atoms with Crippen LogP contribution in [0.4, 0.5) is 4.39 Å². The maximum absolute atomic E-state index is 13.5. The number of nitrogens with zero attached hydrogens (tertiary/aromatic N) is 4. The molecule has 29 heavy (non-hydrogen) atoms. The normalized spacial score (nSPS) is 19.0. The van der Waals surface area contributed by atoms with Gasteiger partial charge in [0.1, 0.15) is 6.33 Å². The summed E-state index contributed by atoms with van der Waals surface area (Å²) >= 11 is 0. The quantitative estimate of drug-likeness (QED) is 0.716. The smallest absolute Gasteiger partial charge is 0.251 e. The Hall–Kier alpha value is -3.29. The molecular weight excluding hydrogens is 373 g/mol. The van der Waals surface area contributed by atoms with E-state index in [1.165, 1.54) is 31.6 Å². The van der Waals surface area contributed by atoms with Gasteiger partial charge >= 0.3 is 0 Å². The Labute approximate surface area is 167 Å². The summed E-state index contributed by atoms with van der Waals surface area (Å²) < 4.78 is 20.5. The fraction of sp³-hybridized carbons (Fsp3) is 0.333. The van der Waals surface area contributed by atoms with E-state index in [1.54, 1.807) is 6.20 Å². The van der Waals surface area contributed by atoms with Crippen molar-refractivity contribution in [2.24, 2.45) is 0 Å². The van der Waals surface area contributed by atoms with Gasteiger partial charge < -0.3 is 10.1 Å². The van der Waals surface area contributed by atoms with Crippen LogP contribution in [-0.4, -0.2) is 38.8 Å². The number of amides is 1. The zero-order valence-corrected chi connectivity index (χ0v) is 16.1. The Kier molecular flexibility index (Phi) is 5.50. The molecular formula is C21H22FN5O2. The van der Waals surface area contributed by atoms with Gasteiger partial charge in [0.2, 0.25) is 0 Å². The Morgan fingerprint density at radius 2 is 2.07 bits per heavy atom. The average Bonchev–Trinajstić information content (AvgIpc) is 3.25. The largest absolute Gasteiger partial charge is 0.494 e. The molecule has 0 atom stereocenters. The van der Waals surface area contributed by atoms with E-state index in [1.807, 2.05) is 23.1 Å². The molecule has 3 aromatic rings. The Bertz CT molecular complexity index is 984. The molecule has 1 fully saturated rings. The van der Waals surface area contributed by atoms with Crippen LogP contribution in [-0.2, 0) is 0 Å². The van der Waals surface area contributed by atoms with Crippen LogP contribution in [0.15, 0.2) is 49.2 Å². The van der Waals surface area contributed by atoms with E-state index in [-0.39, 0.29) is 17.7 Å². The van der Waals surface area contributed by atoms with Crippen molar-refractivity contribution in [2.75, 3.05) is 7.11 Å². The van der Waals surface area contributed by atoms with Crippen LogP contribution in [0.3, 0.4) is 0 Å². The number of carbonyl (C=O) groups excluding carboxylic acids is 1. The molecule has 1 aliphatic rings. The topological polar surface area (TPSA) is 81.9 Å². The minimum Gasteiger partial charge on any atom is -0.494 e. The van der Waals surface area contributed by atoms with Gasteiger partial charge in [0, 0.05) is 29.6 Å². The molecule has 4 rings (SSSR count). The van der Waals surface area contributed by atoms with Crippen LogP contribution in [0.25, 0.3) is 11.3 Å². The lowest BCUT2D eigenvalue weighted by atomic mass is 9.91. The van der Waals surface area contributed by atoms with Gasteiger partial charge in [0.05, 0.1) is 25.0 Å². The molecule has 0 spiro atoms. The standard InChI is InChI=1S/C21H22FN5O2/c1-29-20-10-14(2-7-18(20)22)21(28)26-16-3-5-17(6-4-16)27-12-15(11-25-27)19-8-9-23-13-24-19/h2,7-13,16-17H,3-6H2,1H3,(H,26,28). The molecule has 0 saturated heterocycles. The number of hydrogen-bond donors (Lipinski definition) is 1. The van der Waals surface area contributed by atoms with Gasteiger partial charge in [-0.3, -0.25) is 9.48 Å². The molecule has 0 aliphatic heterocycles. The second-order valence-electron chi connectivity index (χ2n) is 7.13. The third kappa shape index (κ3) is 4.26. The zero-order chi connectivity index (χ0) is 20.2. The number of halogens is 1. The van der Waals surface area contributed by atoms with E-state index in [4.69, 9.17) is 4.74 Å².